The van der Waals surface area contributed by atoms with Gasteiger partial charge in [-0.1, -0.05) is 32.0 Å². The number of ether oxygens (including phenoxy) is 1. The molecule has 0 aliphatic carbocycles. The lowest BCUT2D eigenvalue weighted by molar-refractivity contribution is 0.409. The number of rotatable bonds is 5. The molecule has 4 heteroatoms. The first-order valence-electron chi connectivity index (χ1n) is 6.43. The standard InChI is InChI=1S/C15H19FN2O/c1-11(2)13-5-4-6-14(15(13)19-3)12-9-17-18(10-12)8-7-16/h4-6,9-11H,7-8H2,1-3H3. The summed E-state index contributed by atoms with van der Waals surface area (Å²) in [5, 5.41) is 4.15. The zero-order chi connectivity index (χ0) is 13.8. The monoisotopic (exact) mass is 262 g/mol. The van der Waals surface area contributed by atoms with Crippen LogP contribution in [0.2, 0.25) is 0 Å². The zero-order valence-corrected chi connectivity index (χ0v) is 11.6. The van der Waals surface area contributed by atoms with E-state index in [1.54, 1.807) is 18.0 Å². The number of benzene rings is 1. The van der Waals surface area contributed by atoms with Gasteiger partial charge in [-0.2, -0.15) is 5.10 Å². The predicted molar refractivity (Wildman–Crippen MR) is 74.3 cm³/mol. The van der Waals surface area contributed by atoms with Crippen LogP contribution in [0, 0.1) is 0 Å². The Morgan fingerprint density at radius 2 is 2.16 bits per heavy atom. The number of aromatic nitrogens is 2. The van der Waals surface area contributed by atoms with Gasteiger partial charge in [0.15, 0.2) is 0 Å². The fourth-order valence-corrected chi connectivity index (χ4v) is 2.18. The average Bonchev–Trinajstić information content (AvgIpc) is 2.86. The Kier molecular flexibility index (Phi) is 4.20. The largest absolute Gasteiger partial charge is 0.496 e. The minimum atomic E-state index is -0.412. The fourth-order valence-electron chi connectivity index (χ4n) is 2.18. The molecule has 1 aromatic carbocycles. The van der Waals surface area contributed by atoms with E-state index >= 15 is 0 Å². The van der Waals surface area contributed by atoms with Gasteiger partial charge in [-0.25, -0.2) is 4.39 Å². The summed E-state index contributed by atoms with van der Waals surface area (Å²) < 4.78 is 19.5. The van der Waals surface area contributed by atoms with Crippen molar-refractivity contribution >= 4 is 0 Å². The number of aryl methyl sites for hydroxylation is 1. The van der Waals surface area contributed by atoms with Crippen LogP contribution in [-0.4, -0.2) is 23.6 Å². The molecule has 0 bridgehead atoms. The average molecular weight is 262 g/mol. The van der Waals surface area contributed by atoms with Crippen LogP contribution in [0.25, 0.3) is 11.1 Å². The molecule has 102 valence electrons. The lowest BCUT2D eigenvalue weighted by Crippen LogP contribution is -1.99. The van der Waals surface area contributed by atoms with Crippen molar-refractivity contribution in [2.45, 2.75) is 26.3 Å². The van der Waals surface area contributed by atoms with Gasteiger partial charge in [0, 0.05) is 17.3 Å². The van der Waals surface area contributed by atoms with Crippen molar-refractivity contribution in [3.05, 3.63) is 36.2 Å². The van der Waals surface area contributed by atoms with Crippen molar-refractivity contribution in [1.29, 1.82) is 0 Å². The Morgan fingerprint density at radius 3 is 2.79 bits per heavy atom. The third kappa shape index (κ3) is 2.78. The first-order chi connectivity index (χ1) is 9.17. The molecule has 0 saturated heterocycles. The number of methoxy groups -OCH3 is 1. The highest BCUT2D eigenvalue weighted by molar-refractivity contribution is 5.71. The Hall–Kier alpha value is -1.84. The van der Waals surface area contributed by atoms with Crippen LogP contribution in [0.5, 0.6) is 5.75 Å². The summed E-state index contributed by atoms with van der Waals surface area (Å²) in [6, 6.07) is 6.08. The van der Waals surface area contributed by atoms with Gasteiger partial charge in [0.1, 0.15) is 12.4 Å². The van der Waals surface area contributed by atoms with Gasteiger partial charge in [-0.15, -0.1) is 0 Å². The summed E-state index contributed by atoms with van der Waals surface area (Å²) in [4.78, 5) is 0. The topological polar surface area (TPSA) is 27.1 Å². The van der Waals surface area contributed by atoms with Gasteiger partial charge in [0.2, 0.25) is 0 Å². The first kappa shape index (κ1) is 13.6. The minimum absolute atomic E-state index is 0.284. The van der Waals surface area contributed by atoms with Crippen molar-refractivity contribution in [2.75, 3.05) is 13.8 Å². The molecule has 19 heavy (non-hydrogen) atoms. The van der Waals surface area contributed by atoms with Crippen molar-refractivity contribution in [3.8, 4) is 16.9 Å². The Balaban J connectivity index is 2.45. The second kappa shape index (κ2) is 5.87. The molecule has 2 aromatic rings. The lowest BCUT2D eigenvalue weighted by atomic mass is 9.97. The van der Waals surface area contributed by atoms with Gasteiger partial charge in [0.05, 0.1) is 19.9 Å². The highest BCUT2D eigenvalue weighted by atomic mass is 19.1. The highest BCUT2D eigenvalue weighted by Gasteiger charge is 2.14. The molecule has 1 aromatic heterocycles. The van der Waals surface area contributed by atoms with Crippen LogP contribution in [0.15, 0.2) is 30.6 Å². The number of halogens is 1. The van der Waals surface area contributed by atoms with Crippen LogP contribution < -0.4 is 4.74 Å². The molecular weight excluding hydrogens is 243 g/mol. The number of hydrogen-bond donors (Lipinski definition) is 0. The third-order valence-corrected chi connectivity index (χ3v) is 3.13. The van der Waals surface area contributed by atoms with Gasteiger partial charge in [-0.3, -0.25) is 4.68 Å². The zero-order valence-electron chi connectivity index (χ0n) is 11.6. The summed E-state index contributed by atoms with van der Waals surface area (Å²) in [6.07, 6.45) is 3.60. The van der Waals surface area contributed by atoms with E-state index in [-0.39, 0.29) is 6.54 Å². The number of para-hydroxylation sites is 1. The summed E-state index contributed by atoms with van der Waals surface area (Å²) in [6.45, 7) is 4.14. The summed E-state index contributed by atoms with van der Waals surface area (Å²) in [5.41, 5.74) is 3.12. The molecule has 0 aliphatic heterocycles. The van der Waals surface area contributed by atoms with Crippen LogP contribution in [0.1, 0.15) is 25.3 Å². The van der Waals surface area contributed by atoms with Gasteiger partial charge < -0.3 is 4.74 Å². The van der Waals surface area contributed by atoms with Gasteiger partial charge >= 0.3 is 0 Å². The Bertz CT molecular complexity index is 549. The maximum Gasteiger partial charge on any atom is 0.130 e. The maximum absolute atomic E-state index is 12.3. The van der Waals surface area contributed by atoms with Crippen molar-refractivity contribution in [2.24, 2.45) is 0 Å². The lowest BCUT2D eigenvalue weighted by Gasteiger charge is -2.15. The van der Waals surface area contributed by atoms with E-state index in [2.05, 4.69) is 25.0 Å². The molecule has 1 heterocycles. The molecule has 3 nitrogen and oxygen atoms in total. The van der Waals surface area contributed by atoms with Gasteiger partial charge in [-0.05, 0) is 11.5 Å². The second-order valence-electron chi connectivity index (χ2n) is 4.76. The minimum Gasteiger partial charge on any atom is -0.496 e. The number of nitrogens with zero attached hydrogens (tertiary/aromatic N) is 2. The Labute approximate surface area is 113 Å². The number of hydrogen-bond acceptors (Lipinski definition) is 2. The summed E-state index contributed by atoms with van der Waals surface area (Å²) in [5.74, 6) is 1.26. The molecule has 0 radical (unpaired) electrons. The van der Waals surface area contributed by atoms with Crippen molar-refractivity contribution in [1.82, 2.24) is 9.78 Å². The van der Waals surface area contributed by atoms with Crippen molar-refractivity contribution < 1.29 is 9.13 Å². The molecule has 0 spiro atoms. The van der Waals surface area contributed by atoms with Crippen molar-refractivity contribution in [3.63, 3.8) is 0 Å². The molecular formula is C15H19FN2O. The second-order valence-corrected chi connectivity index (χ2v) is 4.76. The fraction of sp³-hybridized carbons (Fsp3) is 0.400. The molecule has 0 atom stereocenters. The molecule has 0 fully saturated rings. The molecule has 0 aliphatic rings. The Morgan fingerprint density at radius 1 is 1.37 bits per heavy atom. The van der Waals surface area contributed by atoms with Crippen LogP contribution in [0.4, 0.5) is 4.39 Å². The summed E-state index contributed by atoms with van der Waals surface area (Å²) in [7, 11) is 1.68. The molecule has 0 unspecified atom stereocenters. The quantitative estimate of drug-likeness (QED) is 0.822. The van der Waals surface area contributed by atoms with Crippen LogP contribution in [0.3, 0.4) is 0 Å². The normalized spacial score (nSPS) is 11.0. The maximum atomic E-state index is 12.3. The molecule has 0 saturated carbocycles. The SMILES string of the molecule is COc1c(-c2cnn(CCF)c2)cccc1C(C)C. The van der Waals surface area contributed by atoms with E-state index < -0.39 is 6.67 Å². The molecule has 0 N–H and O–H groups in total. The van der Waals surface area contributed by atoms with Gasteiger partial charge in [0.25, 0.3) is 0 Å². The smallest absolute Gasteiger partial charge is 0.130 e. The molecule has 2 rings (SSSR count). The predicted octanol–water partition coefficient (Wildman–Crippen LogP) is 3.65. The van der Waals surface area contributed by atoms with E-state index in [0.717, 1.165) is 16.9 Å². The van der Waals surface area contributed by atoms with Crippen LogP contribution in [-0.2, 0) is 6.54 Å². The number of alkyl halides is 1. The van der Waals surface area contributed by atoms with E-state index in [9.17, 15) is 4.39 Å². The van der Waals surface area contributed by atoms with E-state index in [1.165, 1.54) is 5.56 Å². The van der Waals surface area contributed by atoms with Crippen LogP contribution >= 0.6 is 0 Å². The van der Waals surface area contributed by atoms with E-state index in [4.69, 9.17) is 4.74 Å². The third-order valence-electron chi connectivity index (χ3n) is 3.13. The van der Waals surface area contributed by atoms with E-state index in [1.807, 2.05) is 18.3 Å². The highest BCUT2D eigenvalue weighted by Crippen LogP contribution is 2.36. The summed E-state index contributed by atoms with van der Waals surface area (Å²) >= 11 is 0. The van der Waals surface area contributed by atoms with E-state index in [0.29, 0.717) is 5.92 Å². The first-order valence-corrected chi connectivity index (χ1v) is 6.43. The molecule has 0 amide bonds.